The fourth-order valence-electron chi connectivity index (χ4n) is 3.54. The van der Waals surface area contributed by atoms with Gasteiger partial charge in [0.1, 0.15) is 18.1 Å². The van der Waals surface area contributed by atoms with Gasteiger partial charge in [-0.1, -0.05) is 18.2 Å². The van der Waals surface area contributed by atoms with Crippen LogP contribution in [0.4, 0.5) is 15.8 Å². The molecule has 1 atom stereocenters. The van der Waals surface area contributed by atoms with Gasteiger partial charge in [-0.3, -0.25) is 14.4 Å². The van der Waals surface area contributed by atoms with E-state index < -0.39 is 17.3 Å². The third kappa shape index (κ3) is 3.84. The summed E-state index contributed by atoms with van der Waals surface area (Å²) in [6.07, 6.45) is 0.738. The number of fused-ring (bicyclic) bond motifs is 1. The van der Waals surface area contributed by atoms with E-state index in [0.29, 0.717) is 5.69 Å². The van der Waals surface area contributed by atoms with E-state index in [1.807, 2.05) is 31.2 Å². The Morgan fingerprint density at radius 2 is 1.83 bits per heavy atom. The van der Waals surface area contributed by atoms with Crippen LogP contribution in [-0.4, -0.2) is 27.6 Å². The van der Waals surface area contributed by atoms with Gasteiger partial charge in [0, 0.05) is 23.5 Å². The fraction of sp³-hybridized carbons (Fsp3) is 0.182. The fourth-order valence-corrected chi connectivity index (χ4v) is 3.54. The van der Waals surface area contributed by atoms with Gasteiger partial charge >= 0.3 is 0 Å². The molecule has 0 radical (unpaired) electrons. The smallest absolute Gasteiger partial charge is 0.278 e. The van der Waals surface area contributed by atoms with E-state index in [4.69, 9.17) is 0 Å². The molecule has 3 aromatic rings. The van der Waals surface area contributed by atoms with Crippen LogP contribution in [-0.2, 0) is 17.8 Å². The average Bonchev–Trinajstić information content (AvgIpc) is 3.06. The maximum Gasteiger partial charge on any atom is 0.278 e. The monoisotopic (exact) mass is 406 g/mol. The van der Waals surface area contributed by atoms with Gasteiger partial charge in [-0.15, -0.1) is 0 Å². The van der Waals surface area contributed by atoms with Crippen LogP contribution >= 0.6 is 0 Å². The number of rotatable bonds is 4. The standard InChI is InChI=1S/C22H19FN4O3/c1-14-12-15-4-2-3-5-19(15)27(14)22(30)18-10-11-21(29)26(25-18)13-20(28)24-17-8-6-16(23)7-9-17/h2-11,14H,12-13H2,1H3,(H,24,28). The first-order valence-corrected chi connectivity index (χ1v) is 9.47. The summed E-state index contributed by atoms with van der Waals surface area (Å²) in [6, 6.07) is 15.5. The second kappa shape index (κ2) is 7.90. The van der Waals surface area contributed by atoms with Gasteiger partial charge in [-0.05, 0) is 55.3 Å². The second-order valence-electron chi connectivity index (χ2n) is 7.13. The highest BCUT2D eigenvalue weighted by molar-refractivity contribution is 6.06. The summed E-state index contributed by atoms with van der Waals surface area (Å²) in [5.41, 5.74) is 1.86. The summed E-state index contributed by atoms with van der Waals surface area (Å²) in [5.74, 6) is -1.27. The molecule has 0 spiro atoms. The lowest BCUT2D eigenvalue weighted by molar-refractivity contribution is -0.117. The predicted octanol–water partition coefficient (Wildman–Crippen LogP) is 2.61. The molecule has 0 bridgehead atoms. The van der Waals surface area contributed by atoms with Crippen LogP contribution in [0, 0.1) is 5.82 Å². The van der Waals surface area contributed by atoms with Crippen LogP contribution in [0.5, 0.6) is 0 Å². The minimum atomic E-state index is -0.513. The topological polar surface area (TPSA) is 84.3 Å². The highest BCUT2D eigenvalue weighted by Crippen LogP contribution is 2.32. The van der Waals surface area contributed by atoms with Crippen molar-refractivity contribution in [2.75, 3.05) is 10.2 Å². The molecule has 1 aliphatic rings. The van der Waals surface area contributed by atoms with E-state index in [9.17, 15) is 18.8 Å². The second-order valence-corrected chi connectivity index (χ2v) is 7.13. The van der Waals surface area contributed by atoms with Crippen LogP contribution in [0.1, 0.15) is 23.0 Å². The lowest BCUT2D eigenvalue weighted by Gasteiger charge is -2.22. The molecule has 8 heteroatoms. The normalized spacial score (nSPS) is 15.0. The third-order valence-electron chi connectivity index (χ3n) is 4.93. The van der Waals surface area contributed by atoms with Gasteiger partial charge in [0.05, 0.1) is 0 Å². The van der Waals surface area contributed by atoms with Gasteiger partial charge in [0.25, 0.3) is 11.5 Å². The maximum atomic E-state index is 13.1. The lowest BCUT2D eigenvalue weighted by atomic mass is 10.1. The zero-order chi connectivity index (χ0) is 21.3. The highest BCUT2D eigenvalue weighted by Gasteiger charge is 2.32. The highest BCUT2D eigenvalue weighted by atomic mass is 19.1. The number of aromatic nitrogens is 2. The Morgan fingerprint density at radius 3 is 2.60 bits per heavy atom. The van der Waals surface area contributed by atoms with Crippen molar-refractivity contribution in [1.29, 1.82) is 0 Å². The molecule has 4 rings (SSSR count). The molecule has 1 N–H and O–H groups in total. The van der Waals surface area contributed by atoms with E-state index in [1.165, 1.54) is 36.4 Å². The molecule has 0 saturated carbocycles. The Bertz CT molecular complexity index is 1170. The van der Waals surface area contributed by atoms with Crippen LogP contribution < -0.4 is 15.8 Å². The summed E-state index contributed by atoms with van der Waals surface area (Å²) in [6.45, 7) is 1.58. The van der Waals surface area contributed by atoms with Crippen LogP contribution in [0.15, 0.2) is 65.5 Å². The largest absolute Gasteiger partial charge is 0.324 e. The minimum absolute atomic E-state index is 0.0427. The molecule has 7 nitrogen and oxygen atoms in total. The molecule has 2 aromatic carbocycles. The van der Waals surface area contributed by atoms with Crippen LogP contribution in [0.25, 0.3) is 0 Å². The number of anilines is 2. The van der Waals surface area contributed by atoms with Gasteiger partial charge in [0.15, 0.2) is 0 Å². The molecule has 2 heterocycles. The van der Waals surface area contributed by atoms with Crippen molar-refractivity contribution in [3.63, 3.8) is 0 Å². The summed E-state index contributed by atoms with van der Waals surface area (Å²) in [5, 5.41) is 6.68. The molecule has 1 aliphatic heterocycles. The number of hydrogen-bond donors (Lipinski definition) is 1. The third-order valence-corrected chi connectivity index (χ3v) is 4.93. The first-order valence-electron chi connectivity index (χ1n) is 9.47. The molecule has 30 heavy (non-hydrogen) atoms. The van der Waals surface area contributed by atoms with E-state index in [1.54, 1.807) is 4.90 Å². The zero-order valence-corrected chi connectivity index (χ0v) is 16.2. The molecule has 1 aromatic heterocycles. The Balaban J connectivity index is 1.54. The number of amides is 2. The van der Waals surface area contributed by atoms with Gasteiger partial charge in [-0.2, -0.15) is 5.10 Å². The van der Waals surface area contributed by atoms with E-state index in [0.717, 1.165) is 22.4 Å². The first-order chi connectivity index (χ1) is 14.4. The minimum Gasteiger partial charge on any atom is -0.324 e. The Morgan fingerprint density at radius 1 is 1.10 bits per heavy atom. The van der Waals surface area contributed by atoms with Crippen LogP contribution in [0.3, 0.4) is 0 Å². The van der Waals surface area contributed by atoms with E-state index in [2.05, 4.69) is 10.4 Å². The van der Waals surface area contributed by atoms with E-state index in [-0.39, 0.29) is 24.2 Å². The molecule has 0 aliphatic carbocycles. The molecule has 2 amide bonds. The SMILES string of the molecule is CC1Cc2ccccc2N1C(=O)c1ccc(=O)n(CC(=O)Nc2ccc(F)cc2)n1. The average molecular weight is 406 g/mol. The van der Waals surface area contributed by atoms with Crippen molar-refractivity contribution < 1.29 is 14.0 Å². The number of benzene rings is 2. The number of halogens is 1. The van der Waals surface area contributed by atoms with Crippen molar-refractivity contribution in [2.45, 2.75) is 25.9 Å². The number of nitrogens with zero attached hydrogens (tertiary/aromatic N) is 3. The molecule has 152 valence electrons. The maximum absolute atomic E-state index is 13.1. The van der Waals surface area contributed by atoms with Crippen molar-refractivity contribution >= 4 is 23.2 Å². The molecular formula is C22H19FN4O3. The Hall–Kier alpha value is -3.81. The van der Waals surface area contributed by atoms with Crippen LogP contribution in [0.2, 0.25) is 0 Å². The molecular weight excluding hydrogens is 387 g/mol. The van der Waals surface area contributed by atoms with E-state index >= 15 is 0 Å². The Kier molecular flexibility index (Phi) is 5.14. The molecule has 0 fully saturated rings. The summed E-state index contributed by atoms with van der Waals surface area (Å²) in [7, 11) is 0. The lowest BCUT2D eigenvalue weighted by Crippen LogP contribution is -2.38. The van der Waals surface area contributed by atoms with Crippen molar-refractivity contribution in [1.82, 2.24) is 9.78 Å². The summed E-state index contributed by atoms with van der Waals surface area (Å²) < 4.78 is 13.9. The van der Waals surface area contributed by atoms with Gasteiger partial charge < -0.3 is 10.2 Å². The predicted molar refractivity (Wildman–Crippen MR) is 110 cm³/mol. The Labute approximate surface area is 171 Å². The van der Waals surface area contributed by atoms with Crippen molar-refractivity contribution in [2.24, 2.45) is 0 Å². The van der Waals surface area contributed by atoms with Gasteiger partial charge in [-0.25, -0.2) is 9.07 Å². The first kappa shape index (κ1) is 19.5. The van der Waals surface area contributed by atoms with Crippen molar-refractivity contribution in [3.8, 4) is 0 Å². The molecule has 1 unspecified atom stereocenters. The summed E-state index contributed by atoms with van der Waals surface area (Å²) >= 11 is 0. The number of carbonyl (C=O) groups excluding carboxylic acids is 2. The van der Waals surface area contributed by atoms with Crippen molar-refractivity contribution in [3.05, 3.63) is 88.1 Å². The zero-order valence-electron chi connectivity index (χ0n) is 16.2. The van der Waals surface area contributed by atoms with Gasteiger partial charge in [0.2, 0.25) is 5.91 Å². The number of hydrogen-bond acceptors (Lipinski definition) is 4. The summed E-state index contributed by atoms with van der Waals surface area (Å²) in [4.78, 5) is 39.2. The number of nitrogens with one attached hydrogen (secondary N) is 1. The quantitative estimate of drug-likeness (QED) is 0.722. The molecule has 0 saturated heterocycles. The number of para-hydroxylation sites is 1. The number of carbonyl (C=O) groups is 2.